The van der Waals surface area contributed by atoms with Crippen LogP contribution in [0.4, 0.5) is 4.79 Å². The molecule has 0 spiro atoms. The average Bonchev–Trinajstić information content (AvgIpc) is 2.75. The van der Waals surface area contributed by atoms with Gasteiger partial charge in [-0.05, 0) is 30.8 Å². The molecule has 0 saturated carbocycles. The Labute approximate surface area is 136 Å². The first-order valence-electron chi connectivity index (χ1n) is 6.63. The molecule has 1 N–H and O–H groups in total. The number of aliphatic carboxylic acids is 1. The van der Waals surface area contributed by atoms with E-state index in [1.165, 1.54) is 27.2 Å². The number of benzene rings is 1. The number of thioether (sulfide) groups is 1. The Morgan fingerprint density at radius 1 is 1.39 bits per heavy atom. The van der Waals surface area contributed by atoms with Crippen molar-refractivity contribution >= 4 is 35.0 Å². The minimum Gasteiger partial charge on any atom is -0.493 e. The molecule has 1 heterocycles. The second-order valence-electron chi connectivity index (χ2n) is 4.72. The van der Waals surface area contributed by atoms with Crippen molar-refractivity contribution < 1.29 is 29.0 Å². The van der Waals surface area contributed by atoms with E-state index in [4.69, 9.17) is 14.6 Å². The predicted molar refractivity (Wildman–Crippen MR) is 84.5 cm³/mol. The first kappa shape index (κ1) is 16.9. The summed E-state index contributed by atoms with van der Waals surface area (Å²) in [6.45, 7) is 1.39. The number of carbonyl (C=O) groups excluding carboxylic acids is 2. The lowest BCUT2D eigenvalue weighted by Gasteiger charge is -2.16. The number of carbonyl (C=O) groups is 3. The molecule has 1 aliphatic heterocycles. The van der Waals surface area contributed by atoms with E-state index in [-0.39, 0.29) is 15.9 Å². The summed E-state index contributed by atoms with van der Waals surface area (Å²) in [6, 6.07) is 4.95. The topological polar surface area (TPSA) is 93.1 Å². The fourth-order valence-corrected chi connectivity index (χ4v) is 2.67. The number of rotatable bonds is 5. The number of hydrogen-bond acceptors (Lipinski definition) is 6. The van der Waals surface area contributed by atoms with Crippen molar-refractivity contribution in [1.82, 2.24) is 4.90 Å². The molecule has 1 aromatic rings. The van der Waals surface area contributed by atoms with Crippen LogP contribution in [0, 0.1) is 0 Å². The van der Waals surface area contributed by atoms with Crippen LogP contribution in [-0.2, 0) is 9.59 Å². The van der Waals surface area contributed by atoms with Gasteiger partial charge in [0.25, 0.3) is 11.1 Å². The Bertz CT molecular complexity index is 699. The number of nitrogens with zero attached hydrogens (tertiary/aromatic N) is 1. The lowest BCUT2D eigenvalue weighted by molar-refractivity contribution is -0.144. The molecular weight excluding hydrogens is 322 g/mol. The van der Waals surface area contributed by atoms with E-state index in [2.05, 4.69) is 0 Å². The Morgan fingerprint density at radius 2 is 2.09 bits per heavy atom. The third-order valence-corrected chi connectivity index (χ3v) is 4.11. The number of para-hydroxylation sites is 1. The highest BCUT2D eigenvalue weighted by molar-refractivity contribution is 8.18. The zero-order valence-corrected chi connectivity index (χ0v) is 13.5. The number of amides is 2. The van der Waals surface area contributed by atoms with Crippen molar-refractivity contribution in [1.29, 1.82) is 0 Å². The van der Waals surface area contributed by atoms with Gasteiger partial charge < -0.3 is 14.6 Å². The van der Waals surface area contributed by atoms with Gasteiger partial charge in [-0.15, -0.1) is 0 Å². The standard InChI is InChI=1S/C15H15NO6S/c1-8(14(18)19)22-12-9(5-4-6-10(12)21-3)7-11-13(17)16(2)15(20)23-11/h4-8H,1-3H3,(H,18,19)/b11-7+/t8-/m0/s1. The maximum atomic E-state index is 12.0. The number of carboxylic acids is 1. The SMILES string of the molecule is COc1cccc(/C=C2/SC(=O)N(C)C2=O)c1O[C@@H](C)C(=O)O. The summed E-state index contributed by atoms with van der Waals surface area (Å²) in [7, 11) is 2.82. The van der Waals surface area contributed by atoms with E-state index in [0.717, 1.165) is 16.7 Å². The first-order chi connectivity index (χ1) is 10.8. The quantitative estimate of drug-likeness (QED) is 0.823. The van der Waals surface area contributed by atoms with Gasteiger partial charge in [0.1, 0.15) is 0 Å². The van der Waals surface area contributed by atoms with Crippen LogP contribution in [0.2, 0.25) is 0 Å². The van der Waals surface area contributed by atoms with Crippen LogP contribution in [0.1, 0.15) is 12.5 Å². The van der Waals surface area contributed by atoms with Crippen LogP contribution in [0.5, 0.6) is 11.5 Å². The third-order valence-electron chi connectivity index (χ3n) is 3.14. The number of carboxylic acid groups (broad SMARTS) is 1. The predicted octanol–water partition coefficient (Wildman–Crippen LogP) is 2.21. The maximum absolute atomic E-state index is 12.0. The van der Waals surface area contributed by atoms with Crippen LogP contribution >= 0.6 is 11.8 Å². The molecule has 1 aliphatic rings. The van der Waals surface area contributed by atoms with E-state index >= 15 is 0 Å². The van der Waals surface area contributed by atoms with Crippen LogP contribution in [-0.4, -0.2) is 47.4 Å². The number of imide groups is 1. The van der Waals surface area contributed by atoms with Gasteiger partial charge in [-0.1, -0.05) is 12.1 Å². The summed E-state index contributed by atoms with van der Waals surface area (Å²) in [5.74, 6) is -1.01. The van der Waals surface area contributed by atoms with E-state index in [0.29, 0.717) is 11.3 Å². The monoisotopic (exact) mass is 337 g/mol. The molecule has 23 heavy (non-hydrogen) atoms. The van der Waals surface area contributed by atoms with Crippen LogP contribution < -0.4 is 9.47 Å². The number of hydrogen-bond donors (Lipinski definition) is 1. The van der Waals surface area contributed by atoms with Gasteiger partial charge >= 0.3 is 5.97 Å². The average molecular weight is 337 g/mol. The van der Waals surface area contributed by atoms with Gasteiger partial charge in [0.2, 0.25) is 0 Å². The molecule has 1 saturated heterocycles. The zero-order valence-electron chi connectivity index (χ0n) is 12.7. The molecule has 0 bridgehead atoms. The summed E-state index contributed by atoms with van der Waals surface area (Å²) in [5, 5.41) is 8.63. The molecule has 122 valence electrons. The highest BCUT2D eigenvalue weighted by Crippen LogP contribution is 2.37. The molecule has 1 atom stereocenters. The van der Waals surface area contributed by atoms with Crippen molar-refractivity contribution in [2.45, 2.75) is 13.0 Å². The summed E-state index contributed by atoms with van der Waals surface area (Å²) in [5.41, 5.74) is 0.455. The van der Waals surface area contributed by atoms with Gasteiger partial charge in [0, 0.05) is 12.6 Å². The molecule has 2 amide bonds. The second-order valence-corrected chi connectivity index (χ2v) is 5.71. The van der Waals surface area contributed by atoms with Gasteiger partial charge in [0.05, 0.1) is 12.0 Å². The summed E-state index contributed by atoms with van der Waals surface area (Å²) in [6.07, 6.45) is 0.389. The Balaban J connectivity index is 2.44. The summed E-state index contributed by atoms with van der Waals surface area (Å²) < 4.78 is 10.6. The second kappa shape index (κ2) is 6.74. The van der Waals surface area contributed by atoms with Gasteiger partial charge in [-0.2, -0.15) is 0 Å². The molecule has 2 rings (SSSR count). The zero-order chi connectivity index (χ0) is 17.1. The van der Waals surface area contributed by atoms with Crippen molar-refractivity contribution in [2.75, 3.05) is 14.2 Å². The maximum Gasteiger partial charge on any atom is 0.344 e. The largest absolute Gasteiger partial charge is 0.493 e. The number of likely N-dealkylation sites (N-methyl/N-ethyl adjacent to an activating group) is 1. The molecule has 0 aliphatic carbocycles. The minimum atomic E-state index is -1.13. The van der Waals surface area contributed by atoms with Crippen molar-refractivity contribution in [3.63, 3.8) is 0 Å². The van der Waals surface area contributed by atoms with Gasteiger partial charge in [0.15, 0.2) is 17.6 Å². The Morgan fingerprint density at radius 3 is 2.61 bits per heavy atom. The molecule has 8 heteroatoms. The minimum absolute atomic E-state index is 0.202. The van der Waals surface area contributed by atoms with E-state index < -0.39 is 18.0 Å². The fraction of sp³-hybridized carbons (Fsp3) is 0.267. The number of methoxy groups -OCH3 is 1. The molecule has 1 fully saturated rings. The van der Waals surface area contributed by atoms with Gasteiger partial charge in [-0.3, -0.25) is 14.5 Å². The van der Waals surface area contributed by atoms with Crippen LogP contribution in [0.3, 0.4) is 0 Å². The van der Waals surface area contributed by atoms with Crippen LogP contribution in [0.15, 0.2) is 23.1 Å². The molecular formula is C15H15NO6S. The summed E-state index contributed by atoms with van der Waals surface area (Å²) in [4.78, 5) is 35.8. The van der Waals surface area contributed by atoms with Crippen molar-refractivity contribution in [2.24, 2.45) is 0 Å². The summed E-state index contributed by atoms with van der Waals surface area (Å²) >= 11 is 0.810. The fourth-order valence-electron chi connectivity index (χ4n) is 1.85. The normalized spacial score (nSPS) is 17.5. The molecule has 0 unspecified atom stereocenters. The third kappa shape index (κ3) is 3.48. The number of ether oxygens (including phenoxy) is 2. The first-order valence-corrected chi connectivity index (χ1v) is 7.44. The Hall–Kier alpha value is -2.48. The van der Waals surface area contributed by atoms with Crippen LogP contribution in [0.25, 0.3) is 6.08 Å². The lowest BCUT2D eigenvalue weighted by Crippen LogP contribution is -2.23. The highest BCUT2D eigenvalue weighted by atomic mass is 32.2. The van der Waals surface area contributed by atoms with Crippen molar-refractivity contribution in [3.05, 3.63) is 28.7 Å². The van der Waals surface area contributed by atoms with E-state index in [9.17, 15) is 14.4 Å². The van der Waals surface area contributed by atoms with E-state index in [1.807, 2.05) is 0 Å². The van der Waals surface area contributed by atoms with Crippen molar-refractivity contribution in [3.8, 4) is 11.5 Å². The molecule has 0 radical (unpaired) electrons. The van der Waals surface area contributed by atoms with Gasteiger partial charge in [-0.25, -0.2) is 4.79 Å². The highest BCUT2D eigenvalue weighted by Gasteiger charge is 2.32. The smallest absolute Gasteiger partial charge is 0.344 e. The molecule has 1 aromatic carbocycles. The molecule has 7 nitrogen and oxygen atoms in total. The Kier molecular flexibility index (Phi) is 4.95. The molecule has 0 aromatic heterocycles. The van der Waals surface area contributed by atoms with E-state index in [1.54, 1.807) is 18.2 Å². The lowest BCUT2D eigenvalue weighted by atomic mass is 10.1.